The third kappa shape index (κ3) is 5.31. The second-order valence-electron chi connectivity index (χ2n) is 5.52. The van der Waals surface area contributed by atoms with Crippen molar-refractivity contribution in [2.75, 3.05) is 6.54 Å². The molecule has 0 saturated heterocycles. The van der Waals surface area contributed by atoms with Gasteiger partial charge in [0.25, 0.3) is 0 Å². The van der Waals surface area contributed by atoms with Crippen LogP contribution in [-0.4, -0.2) is 29.6 Å². The van der Waals surface area contributed by atoms with Gasteiger partial charge in [-0.15, -0.1) is 0 Å². The van der Waals surface area contributed by atoms with Crippen LogP contribution in [0.3, 0.4) is 0 Å². The first-order valence-electron chi connectivity index (χ1n) is 8.00. The molecule has 5 nitrogen and oxygen atoms in total. The van der Waals surface area contributed by atoms with Crippen molar-refractivity contribution in [3.63, 3.8) is 0 Å². The highest BCUT2D eigenvalue weighted by molar-refractivity contribution is 5.91. The van der Waals surface area contributed by atoms with Crippen LogP contribution in [0.25, 0.3) is 0 Å². The zero-order valence-corrected chi connectivity index (χ0v) is 13.9. The van der Waals surface area contributed by atoms with Gasteiger partial charge < -0.3 is 15.2 Å². The number of nitrogens with one attached hydrogen (secondary N) is 1. The van der Waals surface area contributed by atoms with Crippen LogP contribution >= 0.6 is 0 Å². The number of hydrogen-bond acceptors (Lipinski definition) is 3. The average Bonchev–Trinajstić information content (AvgIpc) is 2.60. The fourth-order valence-electron chi connectivity index (χ4n) is 2.34. The normalized spacial score (nSPS) is 11.6. The quantitative estimate of drug-likeness (QED) is 0.771. The van der Waals surface area contributed by atoms with Crippen molar-refractivity contribution in [2.45, 2.75) is 25.9 Å². The van der Waals surface area contributed by atoms with Crippen molar-refractivity contribution in [1.29, 1.82) is 0 Å². The predicted octanol–water partition coefficient (Wildman–Crippen LogP) is 3.04. The number of benzene rings is 2. The lowest BCUT2D eigenvalue weighted by atomic mass is 10.0. The van der Waals surface area contributed by atoms with Gasteiger partial charge in [-0.25, -0.2) is 9.18 Å². The first-order chi connectivity index (χ1) is 12.0. The molecule has 1 amide bonds. The minimum atomic E-state index is -1.07. The molecule has 0 aromatic heterocycles. The largest absolute Gasteiger partial charge is 0.486 e. The number of carbonyl (C=O) groups excluding carboxylic acids is 1. The van der Waals surface area contributed by atoms with Gasteiger partial charge in [-0.05, 0) is 30.2 Å². The van der Waals surface area contributed by atoms with Crippen molar-refractivity contribution < 1.29 is 23.8 Å². The number of carboxylic acid groups (broad SMARTS) is 1. The Morgan fingerprint density at radius 3 is 2.52 bits per heavy atom. The van der Waals surface area contributed by atoms with Gasteiger partial charge in [0, 0.05) is 0 Å². The molecule has 0 spiro atoms. The summed E-state index contributed by atoms with van der Waals surface area (Å²) >= 11 is 0. The molecule has 6 heteroatoms. The molecule has 1 atom stereocenters. The molecule has 1 unspecified atom stereocenters. The third-order valence-electron chi connectivity index (χ3n) is 3.71. The second-order valence-corrected chi connectivity index (χ2v) is 5.52. The lowest BCUT2D eigenvalue weighted by Gasteiger charge is -2.18. The maximum atomic E-state index is 13.6. The summed E-state index contributed by atoms with van der Waals surface area (Å²) in [6, 6.07) is 12.5. The predicted molar refractivity (Wildman–Crippen MR) is 91.2 cm³/mol. The molecular weight excluding hydrogens is 325 g/mol. The molecule has 0 fully saturated rings. The molecule has 2 N–H and O–H groups in total. The van der Waals surface area contributed by atoms with Gasteiger partial charge in [-0.3, -0.25) is 4.79 Å². The van der Waals surface area contributed by atoms with Gasteiger partial charge in [0.2, 0.25) is 5.91 Å². The molecule has 132 valence electrons. The molecule has 0 aliphatic carbocycles. The maximum absolute atomic E-state index is 13.6. The summed E-state index contributed by atoms with van der Waals surface area (Å²) in [5, 5.41) is 11.8. The first-order valence-corrected chi connectivity index (χ1v) is 8.00. The average molecular weight is 345 g/mol. The minimum absolute atomic E-state index is 0.0430. The van der Waals surface area contributed by atoms with Crippen molar-refractivity contribution in [2.24, 2.45) is 0 Å². The molecule has 2 aromatic rings. The number of amides is 1. The molecule has 0 bridgehead atoms. The van der Waals surface area contributed by atoms with Crippen LogP contribution in [0.4, 0.5) is 4.39 Å². The van der Waals surface area contributed by atoms with Crippen LogP contribution in [0.5, 0.6) is 5.75 Å². The molecular formula is C19H20FNO4. The van der Waals surface area contributed by atoms with Gasteiger partial charge in [0.15, 0.2) is 11.6 Å². The fraction of sp³-hybridized carbons (Fsp3) is 0.263. The van der Waals surface area contributed by atoms with E-state index in [1.165, 1.54) is 18.2 Å². The smallest absolute Gasteiger partial charge is 0.335 e. The summed E-state index contributed by atoms with van der Waals surface area (Å²) in [4.78, 5) is 23.3. The lowest BCUT2D eigenvalue weighted by Crippen LogP contribution is -2.36. The van der Waals surface area contributed by atoms with Gasteiger partial charge in [-0.2, -0.15) is 0 Å². The standard InChI is InChI=1S/C19H20FNO4/c1-2-14(25-17-10-6-5-9-16(17)20)12-21-18(22)11-13-7-3-4-8-15(13)19(23)24/h3-10,14H,2,11-12H2,1H3,(H,21,22)(H,23,24). The van der Waals surface area contributed by atoms with E-state index in [1.807, 2.05) is 6.92 Å². The maximum Gasteiger partial charge on any atom is 0.335 e. The van der Waals surface area contributed by atoms with E-state index in [1.54, 1.807) is 30.3 Å². The number of para-hydroxylation sites is 1. The SMILES string of the molecule is CCC(CNC(=O)Cc1ccccc1C(=O)O)Oc1ccccc1F. The van der Waals surface area contributed by atoms with E-state index in [-0.39, 0.29) is 36.3 Å². The number of aromatic carboxylic acids is 1. The number of halogens is 1. The number of carboxylic acids is 1. The highest BCUT2D eigenvalue weighted by atomic mass is 19.1. The monoisotopic (exact) mass is 345 g/mol. The second kappa shape index (κ2) is 8.82. The highest BCUT2D eigenvalue weighted by Gasteiger charge is 2.15. The third-order valence-corrected chi connectivity index (χ3v) is 3.71. The van der Waals surface area contributed by atoms with Gasteiger partial charge in [-0.1, -0.05) is 37.3 Å². The van der Waals surface area contributed by atoms with Crippen LogP contribution in [0, 0.1) is 5.82 Å². The molecule has 25 heavy (non-hydrogen) atoms. The van der Waals surface area contributed by atoms with E-state index >= 15 is 0 Å². The molecule has 0 saturated carbocycles. The molecule has 0 aliphatic rings. The summed E-state index contributed by atoms with van der Waals surface area (Å²) in [7, 11) is 0. The topological polar surface area (TPSA) is 75.6 Å². The fourth-order valence-corrected chi connectivity index (χ4v) is 2.34. The number of carbonyl (C=O) groups is 2. The zero-order chi connectivity index (χ0) is 18.2. The van der Waals surface area contributed by atoms with Gasteiger partial charge in [0.05, 0.1) is 18.5 Å². The summed E-state index contributed by atoms with van der Waals surface area (Å²) in [6.45, 7) is 2.08. The van der Waals surface area contributed by atoms with E-state index in [2.05, 4.69) is 5.32 Å². The van der Waals surface area contributed by atoms with Crippen LogP contribution in [0.2, 0.25) is 0 Å². The molecule has 0 radical (unpaired) electrons. The summed E-state index contributed by atoms with van der Waals surface area (Å²) in [5.74, 6) is -1.70. The molecule has 0 heterocycles. The first kappa shape index (κ1) is 18.4. The highest BCUT2D eigenvalue weighted by Crippen LogP contribution is 2.18. The number of ether oxygens (including phenoxy) is 1. The Balaban J connectivity index is 1.92. The van der Waals surface area contributed by atoms with E-state index < -0.39 is 11.8 Å². The minimum Gasteiger partial charge on any atom is -0.486 e. The molecule has 2 aromatic carbocycles. The molecule has 0 aliphatic heterocycles. The van der Waals surface area contributed by atoms with Gasteiger partial charge in [0.1, 0.15) is 6.10 Å². The van der Waals surface area contributed by atoms with Gasteiger partial charge >= 0.3 is 5.97 Å². The van der Waals surface area contributed by atoms with Crippen molar-refractivity contribution in [3.05, 3.63) is 65.5 Å². The van der Waals surface area contributed by atoms with Crippen LogP contribution in [0.1, 0.15) is 29.3 Å². The Kier molecular flexibility index (Phi) is 6.51. The van der Waals surface area contributed by atoms with E-state index in [0.29, 0.717) is 12.0 Å². The number of hydrogen-bond donors (Lipinski definition) is 2. The summed E-state index contributed by atoms with van der Waals surface area (Å²) < 4.78 is 19.2. The Bertz CT molecular complexity index is 748. The van der Waals surface area contributed by atoms with Crippen molar-refractivity contribution in [1.82, 2.24) is 5.32 Å². The summed E-state index contributed by atoms with van der Waals surface area (Å²) in [6.07, 6.45) is 0.162. The number of rotatable bonds is 8. The van der Waals surface area contributed by atoms with E-state index in [4.69, 9.17) is 9.84 Å². The van der Waals surface area contributed by atoms with Crippen molar-refractivity contribution in [3.8, 4) is 5.75 Å². The Morgan fingerprint density at radius 1 is 1.16 bits per heavy atom. The Hall–Kier alpha value is -2.89. The van der Waals surface area contributed by atoms with Crippen molar-refractivity contribution >= 4 is 11.9 Å². The summed E-state index contributed by atoms with van der Waals surface area (Å²) in [5.41, 5.74) is 0.544. The lowest BCUT2D eigenvalue weighted by molar-refractivity contribution is -0.120. The van der Waals surface area contributed by atoms with Crippen LogP contribution in [-0.2, 0) is 11.2 Å². The van der Waals surface area contributed by atoms with Crippen LogP contribution in [0.15, 0.2) is 48.5 Å². The zero-order valence-electron chi connectivity index (χ0n) is 13.9. The van der Waals surface area contributed by atoms with E-state index in [0.717, 1.165) is 0 Å². The van der Waals surface area contributed by atoms with E-state index in [9.17, 15) is 14.0 Å². The Labute approximate surface area is 145 Å². The molecule has 2 rings (SSSR count). The van der Waals surface area contributed by atoms with Crippen LogP contribution < -0.4 is 10.1 Å². The Morgan fingerprint density at radius 2 is 1.84 bits per heavy atom.